The standard InChI is InChI=1S/C19H26N4O3/c1-4-8-22-9-10-23-12-15(21-17(23)13-22)19(24)20-11-14-6-5-7-16(25-2)18(14)26-3/h5-7,12H,4,8-11,13H2,1-3H3,(H,20,24). The molecule has 1 N–H and O–H groups in total. The SMILES string of the molecule is CCCN1CCn2cc(C(=O)NCc3cccc(OC)c3OC)nc2C1. The molecule has 3 rings (SSSR count). The van der Waals surface area contributed by atoms with Crippen molar-refractivity contribution in [3.05, 3.63) is 41.5 Å². The van der Waals surface area contributed by atoms with Gasteiger partial charge in [-0.15, -0.1) is 0 Å². The fraction of sp³-hybridized carbons (Fsp3) is 0.474. The fourth-order valence-electron chi connectivity index (χ4n) is 3.28. The maximum atomic E-state index is 12.5. The number of carbonyl (C=O) groups excluding carboxylic acids is 1. The Labute approximate surface area is 153 Å². The molecule has 1 aliphatic heterocycles. The van der Waals surface area contributed by atoms with Gasteiger partial charge in [0.05, 0.1) is 20.8 Å². The average molecular weight is 358 g/mol. The van der Waals surface area contributed by atoms with Gasteiger partial charge in [-0.25, -0.2) is 4.98 Å². The van der Waals surface area contributed by atoms with Crippen molar-refractivity contribution < 1.29 is 14.3 Å². The molecule has 2 heterocycles. The van der Waals surface area contributed by atoms with E-state index in [0.717, 1.165) is 44.0 Å². The zero-order valence-electron chi connectivity index (χ0n) is 15.6. The van der Waals surface area contributed by atoms with E-state index in [1.807, 2.05) is 24.4 Å². The minimum Gasteiger partial charge on any atom is -0.493 e. The first-order chi connectivity index (χ1) is 12.7. The van der Waals surface area contributed by atoms with Crippen molar-refractivity contribution in [1.29, 1.82) is 0 Å². The average Bonchev–Trinajstić information content (AvgIpc) is 3.09. The van der Waals surface area contributed by atoms with Crippen LogP contribution in [-0.4, -0.2) is 47.7 Å². The summed E-state index contributed by atoms with van der Waals surface area (Å²) in [6.07, 6.45) is 2.97. The number of fused-ring (bicyclic) bond motifs is 1. The second kappa shape index (κ2) is 8.23. The van der Waals surface area contributed by atoms with Crippen LogP contribution in [0.1, 0.15) is 35.2 Å². The minimum absolute atomic E-state index is 0.182. The van der Waals surface area contributed by atoms with E-state index in [-0.39, 0.29) is 5.91 Å². The lowest BCUT2D eigenvalue weighted by molar-refractivity contribution is 0.0946. The second-order valence-corrected chi connectivity index (χ2v) is 6.35. The number of para-hydroxylation sites is 1. The summed E-state index contributed by atoms with van der Waals surface area (Å²) in [7, 11) is 3.19. The zero-order chi connectivity index (χ0) is 18.5. The van der Waals surface area contributed by atoms with Crippen LogP contribution in [0.3, 0.4) is 0 Å². The highest BCUT2D eigenvalue weighted by atomic mass is 16.5. The number of ether oxygens (including phenoxy) is 2. The van der Waals surface area contributed by atoms with Crippen LogP contribution in [0.5, 0.6) is 11.5 Å². The van der Waals surface area contributed by atoms with Gasteiger partial charge in [-0.05, 0) is 19.0 Å². The molecule has 140 valence electrons. The van der Waals surface area contributed by atoms with Crippen molar-refractivity contribution in [1.82, 2.24) is 19.8 Å². The van der Waals surface area contributed by atoms with Gasteiger partial charge < -0.3 is 19.4 Å². The van der Waals surface area contributed by atoms with Crippen LogP contribution in [0.15, 0.2) is 24.4 Å². The Morgan fingerprint density at radius 3 is 2.85 bits per heavy atom. The molecular weight excluding hydrogens is 332 g/mol. The van der Waals surface area contributed by atoms with E-state index in [4.69, 9.17) is 9.47 Å². The van der Waals surface area contributed by atoms with Crippen LogP contribution >= 0.6 is 0 Å². The second-order valence-electron chi connectivity index (χ2n) is 6.35. The van der Waals surface area contributed by atoms with E-state index in [1.165, 1.54) is 0 Å². The molecule has 1 amide bonds. The molecule has 0 aliphatic carbocycles. The Morgan fingerprint density at radius 1 is 1.27 bits per heavy atom. The highest BCUT2D eigenvalue weighted by Crippen LogP contribution is 2.30. The van der Waals surface area contributed by atoms with Gasteiger partial charge in [0.1, 0.15) is 11.5 Å². The predicted octanol–water partition coefficient (Wildman–Crippen LogP) is 2.06. The molecule has 0 saturated heterocycles. The van der Waals surface area contributed by atoms with Gasteiger partial charge in [-0.1, -0.05) is 19.1 Å². The number of nitrogens with zero attached hydrogens (tertiary/aromatic N) is 3. The lowest BCUT2D eigenvalue weighted by Gasteiger charge is -2.26. The number of aromatic nitrogens is 2. The maximum Gasteiger partial charge on any atom is 0.271 e. The van der Waals surface area contributed by atoms with Crippen LogP contribution in [0.4, 0.5) is 0 Å². The first-order valence-corrected chi connectivity index (χ1v) is 8.92. The highest BCUT2D eigenvalue weighted by molar-refractivity contribution is 5.92. The van der Waals surface area contributed by atoms with E-state index in [2.05, 4.69) is 26.7 Å². The number of methoxy groups -OCH3 is 2. The third-order valence-electron chi connectivity index (χ3n) is 4.58. The minimum atomic E-state index is -0.182. The van der Waals surface area contributed by atoms with Gasteiger partial charge >= 0.3 is 0 Å². The van der Waals surface area contributed by atoms with Crippen molar-refractivity contribution >= 4 is 5.91 Å². The Hall–Kier alpha value is -2.54. The van der Waals surface area contributed by atoms with Crippen LogP contribution in [-0.2, 0) is 19.6 Å². The number of imidazole rings is 1. The molecule has 2 aromatic rings. The first-order valence-electron chi connectivity index (χ1n) is 8.92. The third kappa shape index (κ3) is 3.83. The summed E-state index contributed by atoms with van der Waals surface area (Å²) < 4.78 is 12.8. The van der Waals surface area contributed by atoms with Gasteiger partial charge in [0.2, 0.25) is 0 Å². The topological polar surface area (TPSA) is 68.6 Å². The van der Waals surface area contributed by atoms with Crippen LogP contribution in [0.25, 0.3) is 0 Å². The Kier molecular flexibility index (Phi) is 5.78. The molecule has 1 aromatic carbocycles. The monoisotopic (exact) mass is 358 g/mol. The quantitative estimate of drug-likeness (QED) is 0.820. The van der Waals surface area contributed by atoms with Crippen molar-refractivity contribution in [3.8, 4) is 11.5 Å². The van der Waals surface area contributed by atoms with E-state index in [9.17, 15) is 4.79 Å². The maximum absolute atomic E-state index is 12.5. The normalized spacial score (nSPS) is 14.0. The molecule has 0 atom stereocenters. The van der Waals surface area contributed by atoms with Crippen molar-refractivity contribution in [2.75, 3.05) is 27.3 Å². The van der Waals surface area contributed by atoms with Gasteiger partial charge in [0.25, 0.3) is 5.91 Å². The summed E-state index contributed by atoms with van der Waals surface area (Å²) in [6.45, 7) is 6.25. The number of hydrogen-bond donors (Lipinski definition) is 1. The summed E-state index contributed by atoms with van der Waals surface area (Å²) >= 11 is 0. The van der Waals surface area contributed by atoms with Crippen molar-refractivity contribution in [3.63, 3.8) is 0 Å². The van der Waals surface area contributed by atoms with E-state index < -0.39 is 0 Å². The lowest BCUT2D eigenvalue weighted by Crippen LogP contribution is -2.34. The summed E-state index contributed by atoms with van der Waals surface area (Å²) in [6, 6.07) is 5.61. The molecule has 0 radical (unpaired) electrons. The number of rotatable bonds is 7. The molecule has 7 nitrogen and oxygen atoms in total. The summed E-state index contributed by atoms with van der Waals surface area (Å²) in [5.41, 5.74) is 1.32. The van der Waals surface area contributed by atoms with E-state index >= 15 is 0 Å². The van der Waals surface area contributed by atoms with Gasteiger partial charge in [0.15, 0.2) is 11.5 Å². The predicted molar refractivity (Wildman–Crippen MR) is 98.5 cm³/mol. The fourth-order valence-corrected chi connectivity index (χ4v) is 3.28. The van der Waals surface area contributed by atoms with Crippen LogP contribution in [0, 0.1) is 0 Å². The number of amides is 1. The molecule has 0 spiro atoms. The van der Waals surface area contributed by atoms with E-state index in [0.29, 0.717) is 23.7 Å². The zero-order valence-corrected chi connectivity index (χ0v) is 15.6. The molecule has 1 aliphatic rings. The molecule has 1 aromatic heterocycles. The smallest absolute Gasteiger partial charge is 0.271 e. The molecule has 7 heteroatoms. The molecular formula is C19H26N4O3. The number of carbonyl (C=O) groups is 1. The van der Waals surface area contributed by atoms with Gasteiger partial charge in [0, 0.05) is 31.4 Å². The number of hydrogen-bond acceptors (Lipinski definition) is 5. The molecule has 0 bridgehead atoms. The summed E-state index contributed by atoms with van der Waals surface area (Å²) in [5, 5.41) is 2.92. The van der Waals surface area contributed by atoms with Crippen LogP contribution < -0.4 is 14.8 Å². The Morgan fingerprint density at radius 2 is 2.12 bits per heavy atom. The third-order valence-corrected chi connectivity index (χ3v) is 4.58. The van der Waals surface area contributed by atoms with Crippen molar-refractivity contribution in [2.45, 2.75) is 33.0 Å². The molecule has 0 saturated carbocycles. The van der Waals surface area contributed by atoms with E-state index in [1.54, 1.807) is 14.2 Å². The molecule has 0 unspecified atom stereocenters. The Balaban J connectivity index is 1.67. The van der Waals surface area contributed by atoms with Crippen LogP contribution in [0.2, 0.25) is 0 Å². The van der Waals surface area contributed by atoms with Gasteiger partial charge in [-0.3, -0.25) is 9.69 Å². The van der Waals surface area contributed by atoms with Crippen molar-refractivity contribution in [2.24, 2.45) is 0 Å². The first kappa shape index (κ1) is 18.3. The summed E-state index contributed by atoms with van der Waals surface area (Å²) in [5.74, 6) is 2.05. The molecule has 0 fully saturated rings. The molecule has 26 heavy (non-hydrogen) atoms. The lowest BCUT2D eigenvalue weighted by atomic mass is 10.2. The van der Waals surface area contributed by atoms with Gasteiger partial charge in [-0.2, -0.15) is 0 Å². The number of benzene rings is 1. The highest BCUT2D eigenvalue weighted by Gasteiger charge is 2.20. The largest absolute Gasteiger partial charge is 0.493 e. The summed E-state index contributed by atoms with van der Waals surface area (Å²) in [4.78, 5) is 19.4. The Bertz CT molecular complexity index is 772. The number of nitrogens with one attached hydrogen (secondary N) is 1.